The summed E-state index contributed by atoms with van der Waals surface area (Å²) in [5.41, 5.74) is 5.80. The summed E-state index contributed by atoms with van der Waals surface area (Å²) in [6, 6.07) is 23.0. The predicted molar refractivity (Wildman–Crippen MR) is 143 cm³/mol. The number of nitrogens with one attached hydrogen (secondary N) is 1. The molecule has 1 fully saturated rings. The first-order valence-corrected chi connectivity index (χ1v) is 12.5. The molecule has 2 aromatic heterocycles. The minimum absolute atomic E-state index is 0.0219. The quantitative estimate of drug-likeness (QED) is 0.463. The molecule has 5 nitrogen and oxygen atoms in total. The molecule has 0 radical (unpaired) electrons. The Morgan fingerprint density at radius 3 is 2.57 bits per heavy atom. The fraction of sp³-hybridized carbons (Fsp3) is 0.333. The molecule has 0 saturated carbocycles. The zero-order valence-corrected chi connectivity index (χ0v) is 21.0. The first kappa shape index (κ1) is 24.7. The number of rotatable bonds is 6. The zero-order valence-electron chi connectivity index (χ0n) is 21.0. The SMILES string of the molecule is Cc1c(CN2CCC(c3cccc(NC(=O)C(C)C)c3)CC2)ccccccn1-c1cccnc1. The van der Waals surface area contributed by atoms with Gasteiger partial charge in [0.2, 0.25) is 5.91 Å². The van der Waals surface area contributed by atoms with Gasteiger partial charge in [0.25, 0.3) is 0 Å². The maximum absolute atomic E-state index is 12.1. The lowest BCUT2D eigenvalue weighted by Gasteiger charge is -2.32. The summed E-state index contributed by atoms with van der Waals surface area (Å²) in [6.07, 6.45) is 8.04. The molecule has 1 saturated heterocycles. The largest absolute Gasteiger partial charge is 0.326 e. The molecule has 3 aromatic rings. The first-order chi connectivity index (χ1) is 17.0. The molecule has 35 heavy (non-hydrogen) atoms. The lowest BCUT2D eigenvalue weighted by atomic mass is 9.89. The molecular weight excluding hydrogens is 432 g/mol. The lowest BCUT2D eigenvalue weighted by molar-refractivity contribution is -0.118. The van der Waals surface area contributed by atoms with Gasteiger partial charge in [-0.1, -0.05) is 50.2 Å². The Balaban J connectivity index is 1.47. The number of carbonyl (C=O) groups excluding carboxylic acids is 1. The van der Waals surface area contributed by atoms with Gasteiger partial charge in [0.15, 0.2) is 0 Å². The molecule has 0 aliphatic carbocycles. The summed E-state index contributed by atoms with van der Waals surface area (Å²) in [5.74, 6) is 0.561. The van der Waals surface area contributed by atoms with Crippen LogP contribution in [0.2, 0.25) is 0 Å². The number of pyridine rings is 1. The van der Waals surface area contributed by atoms with Gasteiger partial charge in [0, 0.05) is 36.2 Å². The smallest absolute Gasteiger partial charge is 0.226 e. The average molecular weight is 469 g/mol. The Bertz CT molecular complexity index is 1180. The van der Waals surface area contributed by atoms with Crippen LogP contribution < -0.4 is 5.32 Å². The number of likely N-dealkylation sites (tertiary alicyclic amines) is 1. The van der Waals surface area contributed by atoms with Gasteiger partial charge in [-0.2, -0.15) is 0 Å². The van der Waals surface area contributed by atoms with Crippen LogP contribution in [0.15, 0.2) is 85.3 Å². The lowest BCUT2D eigenvalue weighted by Crippen LogP contribution is -2.32. The van der Waals surface area contributed by atoms with Crippen LogP contribution in [0.3, 0.4) is 0 Å². The molecule has 1 aliphatic heterocycles. The molecule has 0 atom stereocenters. The van der Waals surface area contributed by atoms with E-state index in [1.54, 1.807) is 6.20 Å². The van der Waals surface area contributed by atoms with E-state index in [-0.39, 0.29) is 11.8 Å². The van der Waals surface area contributed by atoms with Crippen LogP contribution in [0.1, 0.15) is 49.4 Å². The number of benzene rings is 1. The molecule has 3 heterocycles. The van der Waals surface area contributed by atoms with Crippen molar-refractivity contribution in [3.05, 3.63) is 102 Å². The Labute approximate surface area is 209 Å². The summed E-state index contributed by atoms with van der Waals surface area (Å²) in [7, 11) is 0. The normalized spacial score (nSPS) is 14.5. The summed E-state index contributed by atoms with van der Waals surface area (Å²) in [4.78, 5) is 19.0. The van der Waals surface area contributed by atoms with E-state index in [0.717, 1.165) is 43.9 Å². The van der Waals surface area contributed by atoms with Crippen molar-refractivity contribution >= 4 is 11.6 Å². The van der Waals surface area contributed by atoms with E-state index in [1.165, 1.54) is 16.8 Å². The third-order valence-corrected chi connectivity index (χ3v) is 6.75. The third kappa shape index (κ3) is 6.58. The van der Waals surface area contributed by atoms with Crippen molar-refractivity contribution < 1.29 is 4.79 Å². The van der Waals surface area contributed by atoms with Crippen LogP contribution in [-0.2, 0) is 11.3 Å². The summed E-state index contributed by atoms with van der Waals surface area (Å²) in [6.45, 7) is 9.04. The number of piperidine rings is 1. The maximum Gasteiger partial charge on any atom is 0.226 e. The molecule has 5 heteroatoms. The van der Waals surface area contributed by atoms with Gasteiger partial charge >= 0.3 is 0 Å². The summed E-state index contributed by atoms with van der Waals surface area (Å²) in [5, 5.41) is 3.04. The number of amides is 1. The van der Waals surface area contributed by atoms with Gasteiger partial charge in [-0.3, -0.25) is 14.7 Å². The van der Waals surface area contributed by atoms with Crippen molar-refractivity contribution in [3.8, 4) is 5.69 Å². The molecule has 1 aliphatic rings. The molecule has 1 amide bonds. The van der Waals surface area contributed by atoms with E-state index < -0.39 is 0 Å². The topological polar surface area (TPSA) is 50.2 Å². The van der Waals surface area contributed by atoms with Crippen molar-refractivity contribution in [1.29, 1.82) is 0 Å². The van der Waals surface area contributed by atoms with Crippen molar-refractivity contribution in [2.45, 2.75) is 46.1 Å². The Morgan fingerprint density at radius 1 is 1.03 bits per heavy atom. The molecule has 1 N–H and O–H groups in total. The van der Waals surface area contributed by atoms with Crippen LogP contribution in [0.4, 0.5) is 5.69 Å². The molecule has 0 unspecified atom stereocenters. The number of hydrogen-bond acceptors (Lipinski definition) is 3. The second kappa shape index (κ2) is 11.8. The average Bonchev–Trinajstić information content (AvgIpc) is 2.96. The monoisotopic (exact) mass is 468 g/mol. The highest BCUT2D eigenvalue weighted by Crippen LogP contribution is 2.30. The maximum atomic E-state index is 12.1. The van der Waals surface area contributed by atoms with Crippen molar-refractivity contribution in [1.82, 2.24) is 14.5 Å². The number of nitrogens with zero attached hydrogens (tertiary/aromatic N) is 3. The second-order valence-corrected chi connectivity index (χ2v) is 9.60. The second-order valence-electron chi connectivity index (χ2n) is 9.60. The summed E-state index contributed by atoms with van der Waals surface area (Å²) >= 11 is 0. The van der Waals surface area contributed by atoms with Crippen LogP contribution in [-0.4, -0.2) is 33.4 Å². The first-order valence-electron chi connectivity index (χ1n) is 12.5. The fourth-order valence-corrected chi connectivity index (χ4v) is 4.59. The van der Waals surface area contributed by atoms with Crippen molar-refractivity contribution in [3.63, 3.8) is 0 Å². The van der Waals surface area contributed by atoms with Crippen molar-refractivity contribution in [2.24, 2.45) is 5.92 Å². The van der Waals surface area contributed by atoms with E-state index in [1.807, 2.05) is 32.2 Å². The number of aromatic nitrogens is 2. The third-order valence-electron chi connectivity index (χ3n) is 6.75. The molecule has 0 spiro atoms. The van der Waals surface area contributed by atoms with Gasteiger partial charge < -0.3 is 9.88 Å². The van der Waals surface area contributed by atoms with E-state index in [0.29, 0.717) is 5.92 Å². The highest BCUT2D eigenvalue weighted by Gasteiger charge is 2.21. The number of anilines is 1. The molecule has 1 aromatic carbocycles. The molecule has 0 bridgehead atoms. The van der Waals surface area contributed by atoms with Crippen LogP contribution >= 0.6 is 0 Å². The Kier molecular flexibility index (Phi) is 8.32. The predicted octanol–water partition coefficient (Wildman–Crippen LogP) is 6.28. The molecule has 4 rings (SSSR count). The van der Waals surface area contributed by atoms with Gasteiger partial charge in [-0.15, -0.1) is 0 Å². The summed E-state index contributed by atoms with van der Waals surface area (Å²) < 4.78 is 2.21. The van der Waals surface area contributed by atoms with Crippen LogP contribution in [0.5, 0.6) is 0 Å². The van der Waals surface area contributed by atoms with Crippen LogP contribution in [0.25, 0.3) is 5.69 Å². The highest BCUT2D eigenvalue weighted by atomic mass is 16.1. The van der Waals surface area contributed by atoms with E-state index in [9.17, 15) is 4.79 Å². The van der Waals surface area contributed by atoms with E-state index in [2.05, 4.69) is 87.5 Å². The zero-order chi connectivity index (χ0) is 24.6. The highest BCUT2D eigenvalue weighted by molar-refractivity contribution is 5.92. The van der Waals surface area contributed by atoms with Gasteiger partial charge in [0.1, 0.15) is 0 Å². The molecule has 182 valence electrons. The van der Waals surface area contributed by atoms with E-state index in [4.69, 9.17) is 0 Å². The van der Waals surface area contributed by atoms with Crippen LogP contribution in [0, 0.1) is 12.8 Å². The van der Waals surface area contributed by atoms with Gasteiger partial charge in [-0.05, 0) is 80.2 Å². The minimum Gasteiger partial charge on any atom is -0.326 e. The number of hydrogen-bond donors (Lipinski definition) is 1. The minimum atomic E-state index is -0.0219. The fourth-order valence-electron chi connectivity index (χ4n) is 4.59. The Morgan fingerprint density at radius 2 is 1.83 bits per heavy atom. The standard InChI is InChI=1S/C30H36N4O/c1-23(2)30(35)32-28-12-8-11-26(20-28)25-14-18-33(19-15-25)22-27-10-6-4-5-7-17-34(24(27)3)29-13-9-16-31-21-29/h4-13,16-17,20-21,23,25H,14-15,18-19,22H2,1-3H3,(H,32,35). The Hall–Kier alpha value is -3.44. The van der Waals surface area contributed by atoms with Crippen molar-refractivity contribution in [2.75, 3.05) is 18.4 Å². The van der Waals surface area contributed by atoms with Gasteiger partial charge in [-0.25, -0.2) is 0 Å². The molecular formula is C30H36N4O. The number of carbonyl (C=O) groups is 1. The van der Waals surface area contributed by atoms with Gasteiger partial charge in [0.05, 0.1) is 11.9 Å². The van der Waals surface area contributed by atoms with E-state index >= 15 is 0 Å².